The smallest absolute Gasteiger partial charge is 0.341 e. The lowest BCUT2D eigenvalue weighted by molar-refractivity contribution is 0.0601. The highest BCUT2D eigenvalue weighted by molar-refractivity contribution is 6.30. The van der Waals surface area contributed by atoms with Gasteiger partial charge in [0.25, 0.3) is 5.56 Å². The summed E-state index contributed by atoms with van der Waals surface area (Å²) in [6, 6.07) is 7.33. The van der Waals surface area contributed by atoms with Gasteiger partial charge in [0.15, 0.2) is 0 Å². The molecule has 0 fully saturated rings. The molecule has 2 aromatic heterocycles. The molecule has 9 heteroatoms. The number of aromatic nitrogens is 2. The minimum absolute atomic E-state index is 0.118. The van der Waals surface area contributed by atoms with E-state index in [0.29, 0.717) is 28.8 Å². The van der Waals surface area contributed by atoms with Gasteiger partial charge in [-0.05, 0) is 36.8 Å². The number of ether oxygens (including phenoxy) is 1. The molecule has 0 atom stereocenters. The number of pyridine rings is 2. The average Bonchev–Trinajstić information content (AvgIpc) is 2.77. The van der Waals surface area contributed by atoms with E-state index in [9.17, 15) is 14.0 Å². The molecule has 0 spiro atoms. The molecule has 1 aromatic carbocycles. The standard InChI is InChI=1S/C22H20ClFN4O3/c1-27-8-3-9-28-20(27)19(26-18-6-7-25-12-16(18)22(30)31-2)11-15(21(28)29)14-10-13(23)4-5-17(14)24/h4-7,10-12H,3,8-9H2,1-2H3,(H,25,26). The van der Waals surface area contributed by atoms with Crippen molar-refractivity contribution in [2.24, 2.45) is 0 Å². The van der Waals surface area contributed by atoms with Crippen LogP contribution in [0.4, 0.5) is 21.6 Å². The van der Waals surface area contributed by atoms with E-state index in [2.05, 4.69) is 10.3 Å². The van der Waals surface area contributed by atoms with E-state index in [1.165, 1.54) is 37.7 Å². The summed E-state index contributed by atoms with van der Waals surface area (Å²) < 4.78 is 21.1. The second-order valence-corrected chi connectivity index (χ2v) is 7.63. The Hall–Kier alpha value is -3.39. The molecule has 31 heavy (non-hydrogen) atoms. The molecule has 0 saturated heterocycles. The third-order valence-electron chi connectivity index (χ3n) is 5.21. The molecule has 7 nitrogen and oxygen atoms in total. The molecule has 0 radical (unpaired) electrons. The molecule has 3 heterocycles. The van der Waals surface area contributed by atoms with Crippen molar-refractivity contribution in [3.05, 3.63) is 69.5 Å². The highest BCUT2D eigenvalue weighted by atomic mass is 35.5. The number of carbonyl (C=O) groups excluding carboxylic acids is 1. The average molecular weight is 443 g/mol. The van der Waals surface area contributed by atoms with Crippen LogP contribution in [0.25, 0.3) is 11.1 Å². The van der Waals surface area contributed by atoms with Crippen LogP contribution in [-0.4, -0.2) is 36.2 Å². The normalized spacial score (nSPS) is 13.0. The van der Waals surface area contributed by atoms with Gasteiger partial charge in [0, 0.05) is 43.1 Å². The van der Waals surface area contributed by atoms with E-state index in [-0.39, 0.29) is 22.2 Å². The van der Waals surface area contributed by atoms with Crippen LogP contribution in [0.2, 0.25) is 5.02 Å². The summed E-state index contributed by atoms with van der Waals surface area (Å²) in [6.45, 7) is 1.24. The van der Waals surface area contributed by atoms with E-state index in [1.54, 1.807) is 16.7 Å². The van der Waals surface area contributed by atoms with Crippen LogP contribution in [0.15, 0.2) is 47.5 Å². The van der Waals surface area contributed by atoms with Crippen LogP contribution >= 0.6 is 11.6 Å². The Labute approximate surface area is 183 Å². The van der Waals surface area contributed by atoms with E-state index in [0.717, 1.165) is 13.0 Å². The predicted molar refractivity (Wildman–Crippen MR) is 118 cm³/mol. The van der Waals surface area contributed by atoms with Crippen LogP contribution in [0.5, 0.6) is 0 Å². The zero-order chi connectivity index (χ0) is 22.1. The molecule has 0 amide bonds. The van der Waals surface area contributed by atoms with Crippen molar-refractivity contribution in [1.82, 2.24) is 9.55 Å². The SMILES string of the molecule is COC(=O)c1cnccc1Nc1cc(-c2cc(Cl)ccc2F)c(=O)n2c1N(C)CCC2. The highest BCUT2D eigenvalue weighted by Crippen LogP contribution is 2.35. The van der Waals surface area contributed by atoms with Gasteiger partial charge in [0.05, 0.1) is 24.0 Å². The van der Waals surface area contributed by atoms with Crippen molar-refractivity contribution >= 4 is 34.8 Å². The van der Waals surface area contributed by atoms with Crippen molar-refractivity contribution in [2.45, 2.75) is 13.0 Å². The number of halogens is 2. The first-order valence-corrected chi connectivity index (χ1v) is 10.0. The highest BCUT2D eigenvalue weighted by Gasteiger charge is 2.24. The summed E-state index contributed by atoms with van der Waals surface area (Å²) in [6.07, 6.45) is 3.71. The number of anilines is 3. The van der Waals surface area contributed by atoms with Crippen molar-refractivity contribution in [1.29, 1.82) is 0 Å². The van der Waals surface area contributed by atoms with Crippen molar-refractivity contribution in [2.75, 3.05) is 30.9 Å². The fourth-order valence-electron chi connectivity index (χ4n) is 3.76. The Kier molecular flexibility index (Phi) is 5.65. The number of esters is 1. The van der Waals surface area contributed by atoms with Crippen molar-refractivity contribution < 1.29 is 13.9 Å². The van der Waals surface area contributed by atoms with Gasteiger partial charge in [0.1, 0.15) is 17.2 Å². The first-order chi connectivity index (χ1) is 14.9. The minimum atomic E-state index is -0.549. The summed E-state index contributed by atoms with van der Waals surface area (Å²) in [4.78, 5) is 31.4. The number of benzene rings is 1. The molecule has 1 N–H and O–H groups in total. The number of hydrogen-bond acceptors (Lipinski definition) is 6. The predicted octanol–water partition coefficient (Wildman–Crippen LogP) is 4.07. The Bertz CT molecular complexity index is 1230. The fourth-order valence-corrected chi connectivity index (χ4v) is 3.93. The maximum atomic E-state index is 14.6. The number of carbonyl (C=O) groups is 1. The van der Waals surface area contributed by atoms with Gasteiger partial charge in [-0.3, -0.25) is 14.3 Å². The first-order valence-electron chi connectivity index (χ1n) is 9.64. The van der Waals surface area contributed by atoms with Gasteiger partial charge in [-0.25, -0.2) is 9.18 Å². The quantitative estimate of drug-likeness (QED) is 0.614. The number of nitrogens with one attached hydrogen (secondary N) is 1. The van der Waals surface area contributed by atoms with Crippen LogP contribution in [0.3, 0.4) is 0 Å². The van der Waals surface area contributed by atoms with E-state index in [4.69, 9.17) is 16.3 Å². The lowest BCUT2D eigenvalue weighted by Gasteiger charge is -2.31. The Balaban J connectivity index is 1.94. The lowest BCUT2D eigenvalue weighted by Crippen LogP contribution is -2.36. The van der Waals surface area contributed by atoms with Crippen LogP contribution in [0, 0.1) is 5.82 Å². The molecule has 3 aromatic rings. The minimum Gasteiger partial charge on any atom is -0.465 e. The third kappa shape index (κ3) is 3.86. The molecule has 0 bridgehead atoms. The Morgan fingerprint density at radius 2 is 2.00 bits per heavy atom. The summed E-state index contributed by atoms with van der Waals surface area (Å²) in [5, 5.41) is 3.55. The van der Waals surface area contributed by atoms with Gasteiger partial charge in [-0.1, -0.05) is 11.6 Å². The number of hydrogen-bond donors (Lipinski definition) is 1. The van der Waals surface area contributed by atoms with E-state index >= 15 is 0 Å². The van der Waals surface area contributed by atoms with Crippen LogP contribution < -0.4 is 15.8 Å². The topological polar surface area (TPSA) is 76.5 Å². The molecule has 1 aliphatic heterocycles. The molecule has 1 aliphatic rings. The van der Waals surface area contributed by atoms with E-state index < -0.39 is 11.8 Å². The molecule has 0 saturated carbocycles. The molecule has 160 valence electrons. The summed E-state index contributed by atoms with van der Waals surface area (Å²) >= 11 is 6.07. The third-order valence-corrected chi connectivity index (χ3v) is 5.45. The van der Waals surface area contributed by atoms with Crippen LogP contribution in [0.1, 0.15) is 16.8 Å². The zero-order valence-corrected chi connectivity index (χ0v) is 17.7. The Morgan fingerprint density at radius 3 is 2.77 bits per heavy atom. The molecular weight excluding hydrogens is 423 g/mol. The lowest BCUT2D eigenvalue weighted by atomic mass is 10.0. The zero-order valence-electron chi connectivity index (χ0n) is 17.0. The van der Waals surface area contributed by atoms with Crippen LogP contribution in [-0.2, 0) is 11.3 Å². The molecule has 4 rings (SSSR count). The Morgan fingerprint density at radius 1 is 1.19 bits per heavy atom. The van der Waals surface area contributed by atoms with Gasteiger partial charge in [0.2, 0.25) is 0 Å². The maximum Gasteiger partial charge on any atom is 0.341 e. The summed E-state index contributed by atoms with van der Waals surface area (Å²) in [7, 11) is 3.17. The van der Waals surface area contributed by atoms with Crippen molar-refractivity contribution in [3.8, 4) is 11.1 Å². The van der Waals surface area contributed by atoms with Gasteiger partial charge >= 0.3 is 5.97 Å². The number of methoxy groups -OCH3 is 1. The number of rotatable bonds is 4. The largest absolute Gasteiger partial charge is 0.465 e. The first kappa shape index (κ1) is 20.9. The second-order valence-electron chi connectivity index (χ2n) is 7.19. The number of nitrogens with zero attached hydrogens (tertiary/aromatic N) is 3. The molecule has 0 aliphatic carbocycles. The monoisotopic (exact) mass is 442 g/mol. The second kappa shape index (κ2) is 8.39. The summed E-state index contributed by atoms with van der Waals surface area (Å²) in [5.41, 5.74) is 1.23. The molecular formula is C22H20ClFN4O3. The van der Waals surface area contributed by atoms with Gasteiger partial charge < -0.3 is 15.0 Å². The number of fused-ring (bicyclic) bond motifs is 1. The summed E-state index contributed by atoms with van der Waals surface area (Å²) in [5.74, 6) is -0.446. The maximum absolute atomic E-state index is 14.6. The fraction of sp³-hybridized carbons (Fsp3) is 0.227. The van der Waals surface area contributed by atoms with Gasteiger partial charge in [-0.15, -0.1) is 0 Å². The van der Waals surface area contributed by atoms with Crippen molar-refractivity contribution in [3.63, 3.8) is 0 Å². The van der Waals surface area contributed by atoms with Gasteiger partial charge in [-0.2, -0.15) is 0 Å². The molecule has 0 unspecified atom stereocenters. The van der Waals surface area contributed by atoms with E-state index in [1.807, 2.05) is 11.9 Å².